The largest absolute Gasteiger partial charge is 0.342 e. The zero-order valence-electron chi connectivity index (χ0n) is 12.3. The molecule has 0 unspecified atom stereocenters. The first kappa shape index (κ1) is 13.6. The molecule has 108 valence electrons. The molecule has 0 bridgehead atoms. The molecule has 0 atom stereocenters. The van der Waals surface area contributed by atoms with Crippen LogP contribution in [0, 0.1) is 5.92 Å². The van der Waals surface area contributed by atoms with E-state index < -0.39 is 0 Å². The molecule has 1 amide bonds. The van der Waals surface area contributed by atoms with Crippen LogP contribution in [-0.4, -0.2) is 41.9 Å². The van der Waals surface area contributed by atoms with Gasteiger partial charge in [0.15, 0.2) is 0 Å². The number of benzene rings is 1. The Morgan fingerprint density at radius 1 is 1.15 bits per heavy atom. The molecule has 3 heteroatoms. The highest BCUT2D eigenvalue weighted by Crippen LogP contribution is 2.20. The van der Waals surface area contributed by atoms with Crippen molar-refractivity contribution in [2.24, 2.45) is 5.92 Å². The quantitative estimate of drug-likeness (QED) is 0.825. The van der Waals surface area contributed by atoms with Crippen LogP contribution in [0.2, 0.25) is 0 Å². The second-order valence-electron chi connectivity index (χ2n) is 6.29. The number of hydrogen-bond acceptors (Lipinski definition) is 2. The molecule has 0 saturated carbocycles. The van der Waals surface area contributed by atoms with Crippen LogP contribution in [0.3, 0.4) is 0 Å². The molecule has 20 heavy (non-hydrogen) atoms. The third-order valence-corrected chi connectivity index (χ3v) is 4.70. The fourth-order valence-corrected chi connectivity index (χ4v) is 3.24. The number of piperidine rings is 1. The molecule has 2 heterocycles. The van der Waals surface area contributed by atoms with E-state index in [1.165, 1.54) is 11.1 Å². The minimum Gasteiger partial charge on any atom is -0.342 e. The van der Waals surface area contributed by atoms with Crippen LogP contribution in [-0.2, 0) is 17.8 Å². The minimum atomic E-state index is 0.316. The summed E-state index contributed by atoms with van der Waals surface area (Å²) in [7, 11) is 0. The number of nitrogens with zero attached hydrogens (tertiary/aromatic N) is 2. The Hall–Kier alpha value is -1.35. The highest BCUT2D eigenvalue weighted by Gasteiger charge is 2.23. The molecule has 2 aliphatic heterocycles. The first-order valence-electron chi connectivity index (χ1n) is 7.79. The standard InChI is InChI=1S/C17H24N2O/c1-14-6-10-19(11-7-14)17(20)13-18-9-8-15-4-2-3-5-16(15)12-18/h2-5,14H,6-13H2,1H3. The van der Waals surface area contributed by atoms with Crippen molar-refractivity contribution in [1.82, 2.24) is 9.80 Å². The van der Waals surface area contributed by atoms with E-state index in [0.29, 0.717) is 12.5 Å². The van der Waals surface area contributed by atoms with E-state index in [2.05, 4.69) is 41.0 Å². The Morgan fingerprint density at radius 2 is 1.85 bits per heavy atom. The summed E-state index contributed by atoms with van der Waals surface area (Å²) in [4.78, 5) is 16.7. The molecular weight excluding hydrogens is 248 g/mol. The van der Waals surface area contributed by atoms with Crippen molar-refractivity contribution >= 4 is 5.91 Å². The van der Waals surface area contributed by atoms with Crippen LogP contribution in [0.15, 0.2) is 24.3 Å². The number of likely N-dealkylation sites (tertiary alicyclic amines) is 1. The normalized spacial score (nSPS) is 20.8. The maximum absolute atomic E-state index is 12.4. The molecule has 3 nitrogen and oxygen atoms in total. The van der Waals surface area contributed by atoms with Crippen molar-refractivity contribution < 1.29 is 4.79 Å². The topological polar surface area (TPSA) is 23.6 Å². The molecule has 0 spiro atoms. The van der Waals surface area contributed by atoms with Gasteiger partial charge in [-0.15, -0.1) is 0 Å². The average Bonchev–Trinajstić information content (AvgIpc) is 2.48. The van der Waals surface area contributed by atoms with Crippen LogP contribution in [0.25, 0.3) is 0 Å². The molecule has 0 aromatic heterocycles. The first-order valence-corrected chi connectivity index (χ1v) is 7.79. The summed E-state index contributed by atoms with van der Waals surface area (Å²) in [5.74, 6) is 1.09. The Morgan fingerprint density at radius 3 is 2.60 bits per heavy atom. The highest BCUT2D eigenvalue weighted by molar-refractivity contribution is 5.78. The summed E-state index contributed by atoms with van der Waals surface area (Å²) in [6, 6.07) is 8.60. The summed E-state index contributed by atoms with van der Waals surface area (Å²) in [5.41, 5.74) is 2.84. The molecule has 0 radical (unpaired) electrons. The average molecular weight is 272 g/mol. The van der Waals surface area contributed by atoms with Gasteiger partial charge in [0.25, 0.3) is 0 Å². The molecule has 1 aromatic carbocycles. The van der Waals surface area contributed by atoms with Gasteiger partial charge in [0.1, 0.15) is 0 Å². The zero-order chi connectivity index (χ0) is 13.9. The second kappa shape index (κ2) is 5.96. The van der Waals surface area contributed by atoms with Crippen molar-refractivity contribution in [2.45, 2.75) is 32.7 Å². The van der Waals surface area contributed by atoms with Crippen LogP contribution in [0.1, 0.15) is 30.9 Å². The summed E-state index contributed by atoms with van der Waals surface area (Å²) in [6.45, 7) is 6.69. The number of carbonyl (C=O) groups excluding carboxylic acids is 1. The predicted octanol–water partition coefficient (Wildman–Crippen LogP) is 2.30. The van der Waals surface area contributed by atoms with E-state index in [-0.39, 0.29) is 0 Å². The third-order valence-electron chi connectivity index (χ3n) is 4.70. The molecule has 1 fully saturated rings. The van der Waals surface area contributed by atoms with Gasteiger partial charge in [-0.2, -0.15) is 0 Å². The molecule has 2 aliphatic rings. The maximum Gasteiger partial charge on any atom is 0.236 e. The van der Waals surface area contributed by atoms with Gasteiger partial charge in [-0.1, -0.05) is 31.2 Å². The van der Waals surface area contributed by atoms with Crippen LogP contribution in [0.5, 0.6) is 0 Å². The summed E-state index contributed by atoms with van der Waals surface area (Å²) in [5, 5.41) is 0. The predicted molar refractivity (Wildman–Crippen MR) is 80.4 cm³/mol. The van der Waals surface area contributed by atoms with Gasteiger partial charge in [-0.25, -0.2) is 0 Å². The Balaban J connectivity index is 1.55. The van der Waals surface area contributed by atoms with Crippen LogP contribution in [0.4, 0.5) is 0 Å². The van der Waals surface area contributed by atoms with Crippen molar-refractivity contribution in [3.63, 3.8) is 0 Å². The Bertz CT molecular complexity index is 478. The molecule has 0 aliphatic carbocycles. The van der Waals surface area contributed by atoms with E-state index >= 15 is 0 Å². The van der Waals surface area contributed by atoms with Gasteiger partial charge in [0.05, 0.1) is 6.54 Å². The Labute approximate surface area is 121 Å². The number of hydrogen-bond donors (Lipinski definition) is 0. The lowest BCUT2D eigenvalue weighted by molar-refractivity contribution is -0.134. The van der Waals surface area contributed by atoms with E-state index in [9.17, 15) is 4.79 Å². The van der Waals surface area contributed by atoms with Gasteiger partial charge < -0.3 is 4.90 Å². The SMILES string of the molecule is CC1CCN(C(=O)CN2CCc3ccccc3C2)CC1. The smallest absolute Gasteiger partial charge is 0.236 e. The van der Waals surface area contributed by atoms with E-state index in [4.69, 9.17) is 0 Å². The molecular formula is C17H24N2O. The number of carbonyl (C=O) groups is 1. The zero-order valence-corrected chi connectivity index (χ0v) is 12.3. The monoisotopic (exact) mass is 272 g/mol. The number of amides is 1. The number of rotatable bonds is 2. The summed E-state index contributed by atoms with van der Waals surface area (Å²) in [6.07, 6.45) is 3.39. The molecule has 1 aromatic rings. The third kappa shape index (κ3) is 3.04. The van der Waals surface area contributed by atoms with E-state index in [0.717, 1.165) is 51.4 Å². The van der Waals surface area contributed by atoms with Crippen molar-refractivity contribution in [2.75, 3.05) is 26.2 Å². The maximum atomic E-state index is 12.4. The molecule has 1 saturated heterocycles. The minimum absolute atomic E-state index is 0.316. The van der Waals surface area contributed by atoms with Gasteiger partial charge in [-0.05, 0) is 36.3 Å². The lowest BCUT2D eigenvalue weighted by Crippen LogP contribution is -2.45. The lowest BCUT2D eigenvalue weighted by atomic mass is 9.98. The van der Waals surface area contributed by atoms with Gasteiger partial charge in [0, 0.05) is 26.2 Å². The van der Waals surface area contributed by atoms with Gasteiger partial charge in [-0.3, -0.25) is 9.69 Å². The first-order chi connectivity index (χ1) is 9.72. The molecule has 3 rings (SSSR count). The van der Waals surface area contributed by atoms with Crippen LogP contribution < -0.4 is 0 Å². The van der Waals surface area contributed by atoms with E-state index in [1.54, 1.807) is 0 Å². The second-order valence-corrected chi connectivity index (χ2v) is 6.29. The van der Waals surface area contributed by atoms with Gasteiger partial charge >= 0.3 is 0 Å². The highest BCUT2D eigenvalue weighted by atomic mass is 16.2. The van der Waals surface area contributed by atoms with Crippen LogP contribution >= 0.6 is 0 Å². The Kier molecular flexibility index (Phi) is 4.06. The fraction of sp³-hybridized carbons (Fsp3) is 0.588. The van der Waals surface area contributed by atoms with Crippen molar-refractivity contribution in [3.8, 4) is 0 Å². The fourth-order valence-electron chi connectivity index (χ4n) is 3.24. The summed E-state index contributed by atoms with van der Waals surface area (Å²) < 4.78 is 0. The van der Waals surface area contributed by atoms with E-state index in [1.807, 2.05) is 0 Å². The summed E-state index contributed by atoms with van der Waals surface area (Å²) >= 11 is 0. The lowest BCUT2D eigenvalue weighted by Gasteiger charge is -2.34. The number of fused-ring (bicyclic) bond motifs is 1. The van der Waals surface area contributed by atoms with Crippen molar-refractivity contribution in [3.05, 3.63) is 35.4 Å². The molecule has 0 N–H and O–H groups in total. The van der Waals surface area contributed by atoms with Crippen molar-refractivity contribution in [1.29, 1.82) is 0 Å². The van der Waals surface area contributed by atoms with Gasteiger partial charge in [0.2, 0.25) is 5.91 Å².